The van der Waals surface area contributed by atoms with Crippen LogP contribution in [0.25, 0.3) is 4.96 Å². The van der Waals surface area contributed by atoms with Crippen LogP contribution in [0.2, 0.25) is 0 Å². The number of sulfonamides is 1. The van der Waals surface area contributed by atoms with Crippen molar-refractivity contribution in [1.29, 1.82) is 0 Å². The number of morpholine rings is 1. The second kappa shape index (κ2) is 7.40. The highest BCUT2D eigenvalue weighted by Gasteiger charge is 2.30. The highest BCUT2D eigenvalue weighted by Crippen LogP contribution is 2.15. The Morgan fingerprint density at radius 3 is 2.80 bits per heavy atom. The molecular formula is C15H22N4O4S2. The van der Waals surface area contributed by atoms with Gasteiger partial charge in [-0.2, -0.15) is 4.31 Å². The van der Waals surface area contributed by atoms with Crippen molar-refractivity contribution in [2.75, 3.05) is 25.4 Å². The van der Waals surface area contributed by atoms with Crippen molar-refractivity contribution in [2.24, 2.45) is 0 Å². The molecule has 0 unspecified atom stereocenters. The number of imidazole rings is 1. The molecule has 0 aliphatic carbocycles. The van der Waals surface area contributed by atoms with Crippen LogP contribution in [-0.2, 0) is 26.0 Å². The Morgan fingerprint density at radius 1 is 1.40 bits per heavy atom. The van der Waals surface area contributed by atoms with Gasteiger partial charge in [0.1, 0.15) is 0 Å². The molecule has 25 heavy (non-hydrogen) atoms. The van der Waals surface area contributed by atoms with Crippen LogP contribution in [0.15, 0.2) is 17.8 Å². The monoisotopic (exact) mass is 386 g/mol. The van der Waals surface area contributed by atoms with E-state index < -0.39 is 10.0 Å². The summed E-state index contributed by atoms with van der Waals surface area (Å²) in [4.78, 5) is 17.2. The molecule has 138 valence electrons. The van der Waals surface area contributed by atoms with E-state index in [4.69, 9.17) is 4.74 Å². The molecule has 1 aliphatic rings. The first kappa shape index (κ1) is 18.3. The predicted molar refractivity (Wildman–Crippen MR) is 95.2 cm³/mol. The van der Waals surface area contributed by atoms with Crippen LogP contribution in [0.5, 0.6) is 0 Å². The lowest BCUT2D eigenvalue weighted by Crippen LogP contribution is -2.49. The molecule has 3 rings (SSSR count). The number of ether oxygens (including phenoxy) is 1. The number of thiazole rings is 1. The maximum Gasteiger partial charge on any atom is 0.226 e. The number of hydrogen-bond acceptors (Lipinski definition) is 6. The fourth-order valence-electron chi connectivity index (χ4n) is 2.89. The zero-order valence-electron chi connectivity index (χ0n) is 14.2. The normalized spacial score (nSPS) is 22.3. The Hall–Kier alpha value is -1.49. The second-order valence-corrected chi connectivity index (χ2v) is 9.20. The summed E-state index contributed by atoms with van der Waals surface area (Å²) in [6, 6.07) is 0. The van der Waals surface area contributed by atoms with Gasteiger partial charge in [0.25, 0.3) is 0 Å². The van der Waals surface area contributed by atoms with E-state index in [0.29, 0.717) is 18.8 Å². The van der Waals surface area contributed by atoms with E-state index >= 15 is 0 Å². The van der Waals surface area contributed by atoms with Gasteiger partial charge in [0.05, 0.1) is 30.1 Å². The number of carbonyl (C=O) groups is 1. The number of amides is 1. The fourth-order valence-corrected chi connectivity index (χ4v) is 5.11. The molecule has 2 aromatic rings. The van der Waals surface area contributed by atoms with Crippen LogP contribution in [0, 0.1) is 0 Å². The van der Waals surface area contributed by atoms with Crippen molar-refractivity contribution in [3.8, 4) is 0 Å². The van der Waals surface area contributed by atoms with Crippen LogP contribution in [0.4, 0.5) is 0 Å². The van der Waals surface area contributed by atoms with Gasteiger partial charge in [-0.05, 0) is 13.8 Å². The van der Waals surface area contributed by atoms with E-state index in [1.165, 1.54) is 15.6 Å². The number of rotatable bonds is 6. The smallest absolute Gasteiger partial charge is 0.226 e. The van der Waals surface area contributed by atoms with E-state index in [-0.39, 0.29) is 36.8 Å². The number of nitrogens with zero attached hydrogens (tertiary/aromatic N) is 3. The number of aromatic nitrogens is 2. The first-order valence-corrected chi connectivity index (χ1v) is 10.6. The first-order chi connectivity index (χ1) is 11.8. The maximum absolute atomic E-state index is 12.4. The minimum Gasteiger partial charge on any atom is -0.373 e. The van der Waals surface area contributed by atoms with Crippen molar-refractivity contribution >= 4 is 32.2 Å². The lowest BCUT2D eigenvalue weighted by molar-refractivity contribution is -0.120. The Balaban J connectivity index is 1.48. The van der Waals surface area contributed by atoms with Crippen molar-refractivity contribution in [3.05, 3.63) is 23.5 Å². The van der Waals surface area contributed by atoms with Crippen molar-refractivity contribution < 1.29 is 17.9 Å². The summed E-state index contributed by atoms with van der Waals surface area (Å²) in [5.74, 6) is -0.346. The third-order valence-corrected chi connectivity index (χ3v) is 6.52. The minimum atomic E-state index is -3.41. The van der Waals surface area contributed by atoms with Gasteiger partial charge in [-0.15, -0.1) is 11.3 Å². The zero-order chi connectivity index (χ0) is 18.0. The molecule has 0 spiro atoms. The van der Waals surface area contributed by atoms with Crippen LogP contribution in [-0.4, -0.2) is 65.6 Å². The largest absolute Gasteiger partial charge is 0.373 e. The predicted octanol–water partition coefficient (Wildman–Crippen LogP) is 0.494. The van der Waals surface area contributed by atoms with Gasteiger partial charge in [0.15, 0.2) is 4.96 Å². The van der Waals surface area contributed by atoms with Gasteiger partial charge in [-0.1, -0.05) is 0 Å². The van der Waals surface area contributed by atoms with Gasteiger partial charge in [0.2, 0.25) is 15.9 Å². The summed E-state index contributed by atoms with van der Waals surface area (Å²) >= 11 is 1.50. The second-order valence-electron chi connectivity index (χ2n) is 6.24. The molecule has 1 amide bonds. The van der Waals surface area contributed by atoms with Crippen molar-refractivity contribution in [2.45, 2.75) is 32.5 Å². The topological polar surface area (TPSA) is 93.0 Å². The van der Waals surface area contributed by atoms with Gasteiger partial charge >= 0.3 is 0 Å². The Bertz CT molecular complexity index is 806. The highest BCUT2D eigenvalue weighted by atomic mass is 32.2. The molecule has 8 nitrogen and oxygen atoms in total. The number of fused-ring (bicyclic) bond motifs is 1. The van der Waals surface area contributed by atoms with E-state index in [2.05, 4.69) is 10.3 Å². The van der Waals surface area contributed by atoms with Gasteiger partial charge in [-0.3, -0.25) is 9.20 Å². The fraction of sp³-hybridized carbons (Fsp3) is 0.600. The molecule has 2 aromatic heterocycles. The third-order valence-electron chi connectivity index (χ3n) is 3.95. The van der Waals surface area contributed by atoms with Crippen LogP contribution < -0.4 is 5.32 Å². The summed E-state index contributed by atoms with van der Waals surface area (Å²) in [6.45, 7) is 4.51. The first-order valence-electron chi connectivity index (χ1n) is 8.14. The molecule has 2 atom stereocenters. The Kier molecular flexibility index (Phi) is 5.42. The molecule has 3 heterocycles. The summed E-state index contributed by atoms with van der Waals surface area (Å²) < 4.78 is 33.7. The molecule has 0 saturated carbocycles. The molecule has 1 saturated heterocycles. The standard InChI is InChI=1S/C15H22N4O4S2/c1-11-8-19(9-12(2)23-11)25(21,22)6-3-16-14(20)7-13-10-18-4-5-24-15(18)17-13/h4-5,10-12H,3,6-9H2,1-2H3,(H,16,20)/t11-,12-/m0/s1. The number of hydrogen-bond donors (Lipinski definition) is 1. The van der Waals surface area contributed by atoms with E-state index in [1.807, 2.05) is 29.8 Å². The van der Waals surface area contributed by atoms with Crippen LogP contribution >= 0.6 is 11.3 Å². The van der Waals surface area contributed by atoms with Gasteiger partial charge in [-0.25, -0.2) is 13.4 Å². The molecule has 10 heteroatoms. The molecular weight excluding hydrogens is 364 g/mol. The SMILES string of the molecule is C[C@H]1CN(S(=O)(=O)CCNC(=O)Cc2cn3ccsc3n2)C[C@H](C)O1. The maximum atomic E-state index is 12.4. The van der Waals surface area contributed by atoms with E-state index in [0.717, 1.165) is 4.96 Å². The lowest BCUT2D eigenvalue weighted by atomic mass is 10.3. The highest BCUT2D eigenvalue weighted by molar-refractivity contribution is 7.89. The summed E-state index contributed by atoms with van der Waals surface area (Å²) in [6.07, 6.45) is 3.58. The summed E-state index contributed by atoms with van der Waals surface area (Å²) in [7, 11) is -3.41. The zero-order valence-corrected chi connectivity index (χ0v) is 15.8. The van der Waals surface area contributed by atoms with Gasteiger partial charge in [0, 0.05) is 37.4 Å². The molecule has 0 aromatic carbocycles. The van der Waals surface area contributed by atoms with Crippen LogP contribution in [0.3, 0.4) is 0 Å². The van der Waals surface area contributed by atoms with Crippen molar-refractivity contribution in [3.63, 3.8) is 0 Å². The Labute approximate surface area is 150 Å². The molecule has 0 bridgehead atoms. The number of carbonyl (C=O) groups excluding carboxylic acids is 1. The Morgan fingerprint density at radius 2 is 2.12 bits per heavy atom. The van der Waals surface area contributed by atoms with Gasteiger partial charge < -0.3 is 10.1 Å². The average Bonchev–Trinajstić information content (AvgIpc) is 3.07. The molecule has 1 N–H and O–H groups in total. The third kappa shape index (κ3) is 4.57. The molecule has 0 radical (unpaired) electrons. The van der Waals surface area contributed by atoms with E-state index in [9.17, 15) is 13.2 Å². The summed E-state index contributed by atoms with van der Waals surface area (Å²) in [5, 5.41) is 4.58. The van der Waals surface area contributed by atoms with E-state index in [1.54, 1.807) is 6.20 Å². The lowest BCUT2D eigenvalue weighted by Gasteiger charge is -2.34. The summed E-state index contributed by atoms with van der Waals surface area (Å²) in [5.41, 5.74) is 0.669. The number of nitrogens with one attached hydrogen (secondary N) is 1. The minimum absolute atomic E-state index is 0.0868. The van der Waals surface area contributed by atoms with Crippen LogP contribution in [0.1, 0.15) is 19.5 Å². The van der Waals surface area contributed by atoms with Crippen molar-refractivity contribution in [1.82, 2.24) is 19.0 Å². The average molecular weight is 386 g/mol. The quantitative estimate of drug-likeness (QED) is 0.780. The molecule has 1 aliphatic heterocycles. The molecule has 1 fully saturated rings.